The summed E-state index contributed by atoms with van der Waals surface area (Å²) in [6.07, 6.45) is 5.27. The van der Waals surface area contributed by atoms with Gasteiger partial charge in [0, 0.05) is 5.02 Å². The summed E-state index contributed by atoms with van der Waals surface area (Å²) >= 11 is 6.14. The molecule has 0 bridgehead atoms. The van der Waals surface area contributed by atoms with Gasteiger partial charge in [-0.2, -0.15) is 0 Å². The minimum Gasteiger partial charge on any atom is -0.348 e. The van der Waals surface area contributed by atoms with Crippen molar-refractivity contribution in [3.63, 3.8) is 0 Å². The summed E-state index contributed by atoms with van der Waals surface area (Å²) < 4.78 is 28.1. The fraction of sp³-hybridized carbons (Fsp3) is 0.296. The van der Waals surface area contributed by atoms with E-state index in [2.05, 4.69) is 23.5 Å². The van der Waals surface area contributed by atoms with Gasteiger partial charge in [0.15, 0.2) is 0 Å². The van der Waals surface area contributed by atoms with Crippen molar-refractivity contribution in [3.05, 3.63) is 94.5 Å². The van der Waals surface area contributed by atoms with Gasteiger partial charge in [-0.1, -0.05) is 61.0 Å². The second-order valence-corrected chi connectivity index (χ2v) is 10.9. The number of carbonyl (C=O) groups excluding carboxylic acids is 1. The molecule has 1 aliphatic carbocycles. The number of carbonyl (C=O) groups is 1. The number of nitrogens with one attached hydrogen (secondary N) is 1. The van der Waals surface area contributed by atoms with E-state index in [9.17, 15) is 13.2 Å². The number of fused-ring (bicyclic) bond motifs is 1. The van der Waals surface area contributed by atoms with E-state index in [1.54, 1.807) is 42.5 Å². The minimum atomic E-state index is -3.97. The molecule has 5 nitrogen and oxygen atoms in total. The van der Waals surface area contributed by atoms with Crippen molar-refractivity contribution in [1.29, 1.82) is 0 Å². The first-order valence-corrected chi connectivity index (χ1v) is 13.4. The second-order valence-electron chi connectivity index (χ2n) is 8.57. The topological polar surface area (TPSA) is 66.5 Å². The number of sulfonamides is 1. The normalized spacial score (nSPS) is 14.2. The Kier molecular flexibility index (Phi) is 7.59. The number of hydrogen-bond donors (Lipinski definition) is 1. The molecule has 1 atom stereocenters. The van der Waals surface area contributed by atoms with Crippen LogP contribution in [0.3, 0.4) is 0 Å². The lowest BCUT2D eigenvalue weighted by atomic mass is 9.89. The van der Waals surface area contributed by atoms with Crippen LogP contribution in [0.5, 0.6) is 0 Å². The molecule has 0 heterocycles. The van der Waals surface area contributed by atoms with Gasteiger partial charge in [0.05, 0.1) is 16.6 Å². The zero-order valence-electron chi connectivity index (χ0n) is 19.2. The molecule has 0 radical (unpaired) electrons. The van der Waals surface area contributed by atoms with Gasteiger partial charge in [0.25, 0.3) is 10.0 Å². The van der Waals surface area contributed by atoms with Gasteiger partial charge >= 0.3 is 0 Å². The monoisotopic (exact) mass is 496 g/mol. The summed E-state index contributed by atoms with van der Waals surface area (Å²) in [4.78, 5) is 13.3. The maximum Gasteiger partial charge on any atom is 0.264 e. The summed E-state index contributed by atoms with van der Waals surface area (Å²) in [5.41, 5.74) is 4.13. The summed E-state index contributed by atoms with van der Waals surface area (Å²) in [6, 6.07) is 20.9. The van der Waals surface area contributed by atoms with Gasteiger partial charge in [-0.05, 0) is 79.1 Å². The molecular formula is C27H29ClN2O3S. The molecule has 4 rings (SSSR count). The lowest BCUT2D eigenvalue weighted by Crippen LogP contribution is -2.42. The highest BCUT2D eigenvalue weighted by atomic mass is 35.5. The number of amides is 1. The molecule has 0 spiro atoms. The molecule has 3 aromatic rings. The minimum absolute atomic E-state index is 0.115. The molecule has 0 aliphatic heterocycles. The predicted molar refractivity (Wildman–Crippen MR) is 137 cm³/mol. The fourth-order valence-electron chi connectivity index (χ4n) is 4.43. The molecule has 0 aromatic heterocycles. The van der Waals surface area contributed by atoms with Gasteiger partial charge in [0.1, 0.15) is 6.54 Å². The van der Waals surface area contributed by atoms with E-state index in [0.29, 0.717) is 17.1 Å². The highest BCUT2D eigenvalue weighted by molar-refractivity contribution is 7.92. The van der Waals surface area contributed by atoms with Crippen LogP contribution in [-0.4, -0.2) is 20.9 Å². The van der Waals surface area contributed by atoms with Crippen LogP contribution < -0.4 is 9.62 Å². The Hall–Kier alpha value is -2.83. The molecule has 1 N–H and O–H groups in total. The third-order valence-corrected chi connectivity index (χ3v) is 8.26. The molecule has 7 heteroatoms. The lowest BCUT2D eigenvalue weighted by molar-refractivity contribution is -0.120. The van der Waals surface area contributed by atoms with Crippen molar-refractivity contribution in [1.82, 2.24) is 5.32 Å². The molecule has 34 heavy (non-hydrogen) atoms. The van der Waals surface area contributed by atoms with E-state index in [1.807, 2.05) is 6.92 Å². The number of nitrogens with zero attached hydrogens (tertiary/aromatic N) is 1. The Bertz CT molecular complexity index is 1260. The molecule has 0 unspecified atom stereocenters. The highest BCUT2D eigenvalue weighted by Crippen LogP contribution is 2.28. The number of anilines is 1. The first kappa shape index (κ1) is 24.3. The largest absolute Gasteiger partial charge is 0.348 e. The first-order chi connectivity index (χ1) is 16.4. The van der Waals surface area contributed by atoms with Crippen LogP contribution >= 0.6 is 11.6 Å². The van der Waals surface area contributed by atoms with Gasteiger partial charge in [-0.25, -0.2) is 8.42 Å². The molecule has 0 fully saturated rings. The van der Waals surface area contributed by atoms with Crippen LogP contribution in [0.4, 0.5) is 5.69 Å². The van der Waals surface area contributed by atoms with Gasteiger partial charge < -0.3 is 5.32 Å². The Morgan fingerprint density at radius 1 is 0.971 bits per heavy atom. The summed E-state index contributed by atoms with van der Waals surface area (Å²) in [6.45, 7) is 1.67. The quantitative estimate of drug-likeness (QED) is 0.436. The summed E-state index contributed by atoms with van der Waals surface area (Å²) in [5, 5.41) is 3.45. The van der Waals surface area contributed by atoms with Crippen molar-refractivity contribution in [2.45, 2.75) is 50.0 Å². The Balaban J connectivity index is 1.59. The van der Waals surface area contributed by atoms with Crippen molar-refractivity contribution in [2.75, 3.05) is 10.8 Å². The Morgan fingerprint density at radius 2 is 1.71 bits per heavy atom. The fourth-order valence-corrected chi connectivity index (χ4v) is 6.05. The maximum absolute atomic E-state index is 13.5. The smallest absolute Gasteiger partial charge is 0.264 e. The summed E-state index contributed by atoms with van der Waals surface area (Å²) in [5.74, 6) is -0.371. The summed E-state index contributed by atoms with van der Waals surface area (Å²) in [7, 11) is -3.97. The highest BCUT2D eigenvalue weighted by Gasteiger charge is 2.28. The van der Waals surface area contributed by atoms with Gasteiger partial charge in [-0.3, -0.25) is 9.10 Å². The maximum atomic E-state index is 13.5. The lowest BCUT2D eigenvalue weighted by Gasteiger charge is -2.26. The van der Waals surface area contributed by atoms with E-state index in [-0.39, 0.29) is 23.4 Å². The molecule has 1 aliphatic rings. The number of benzene rings is 3. The van der Waals surface area contributed by atoms with E-state index in [4.69, 9.17) is 11.6 Å². The average Bonchev–Trinajstić information content (AvgIpc) is 2.86. The molecule has 0 saturated heterocycles. The Labute approximate surface area is 206 Å². The van der Waals surface area contributed by atoms with Crippen LogP contribution in [0.25, 0.3) is 0 Å². The third kappa shape index (κ3) is 5.45. The van der Waals surface area contributed by atoms with Crippen LogP contribution in [0.1, 0.15) is 48.9 Å². The predicted octanol–water partition coefficient (Wildman–Crippen LogP) is 5.68. The Morgan fingerprint density at radius 3 is 2.41 bits per heavy atom. The molecular weight excluding hydrogens is 468 g/mol. The van der Waals surface area contributed by atoms with Crippen molar-refractivity contribution in [3.8, 4) is 0 Å². The third-order valence-electron chi connectivity index (χ3n) is 6.23. The first-order valence-electron chi connectivity index (χ1n) is 11.6. The number of hydrogen-bond acceptors (Lipinski definition) is 3. The molecule has 0 saturated carbocycles. The van der Waals surface area contributed by atoms with E-state index in [0.717, 1.165) is 22.7 Å². The van der Waals surface area contributed by atoms with Crippen molar-refractivity contribution < 1.29 is 13.2 Å². The molecule has 1 amide bonds. The zero-order valence-corrected chi connectivity index (χ0v) is 20.8. The van der Waals surface area contributed by atoms with Crippen LogP contribution in [-0.2, 0) is 27.7 Å². The van der Waals surface area contributed by atoms with Gasteiger partial charge in [-0.15, -0.1) is 0 Å². The number of rotatable bonds is 8. The van der Waals surface area contributed by atoms with Crippen LogP contribution in [0, 0.1) is 0 Å². The zero-order chi connectivity index (χ0) is 24.1. The van der Waals surface area contributed by atoms with Crippen molar-refractivity contribution in [2.24, 2.45) is 0 Å². The van der Waals surface area contributed by atoms with E-state index >= 15 is 0 Å². The molecule has 178 valence electrons. The van der Waals surface area contributed by atoms with E-state index < -0.39 is 10.0 Å². The van der Waals surface area contributed by atoms with Crippen molar-refractivity contribution >= 4 is 33.2 Å². The second kappa shape index (κ2) is 10.6. The van der Waals surface area contributed by atoms with Crippen LogP contribution in [0.2, 0.25) is 5.02 Å². The SMILES string of the molecule is CC[C@@H](NC(=O)CN(c1cccc(Cl)c1)S(=O)(=O)c1ccccc1)c1ccc2c(c1)CCCC2. The standard InChI is InChI=1S/C27H29ClN2O3S/c1-2-26(22-16-15-20-9-6-7-10-21(20)17-22)29-27(31)19-30(24-12-8-11-23(28)18-24)34(32,33)25-13-4-3-5-14-25/h3-5,8,11-18,26H,2,6-7,9-10,19H2,1H3,(H,29,31)/t26-/m1/s1. The average molecular weight is 497 g/mol. The van der Waals surface area contributed by atoms with Crippen LogP contribution in [0.15, 0.2) is 77.7 Å². The van der Waals surface area contributed by atoms with E-state index in [1.165, 1.54) is 36.1 Å². The van der Waals surface area contributed by atoms with Gasteiger partial charge in [0.2, 0.25) is 5.91 Å². The number of aryl methyl sites for hydroxylation is 2. The molecule has 3 aromatic carbocycles. The number of halogens is 1.